The molecular weight excluding hydrogens is 302 g/mol. The Morgan fingerprint density at radius 3 is 2.47 bits per heavy atom. The highest BCUT2D eigenvalue weighted by molar-refractivity contribution is 9.10. The molecule has 19 heavy (non-hydrogen) atoms. The van der Waals surface area contributed by atoms with Gasteiger partial charge in [-0.05, 0) is 49.8 Å². The monoisotopic (exact) mass is 323 g/mol. The molecule has 1 heterocycles. The Labute approximate surface area is 124 Å². The summed E-state index contributed by atoms with van der Waals surface area (Å²) in [5.41, 5.74) is 1.93. The number of carbonyl (C=O) groups excluding carboxylic acids is 1. The summed E-state index contributed by atoms with van der Waals surface area (Å²) in [6, 6.07) is 6.03. The number of hydrogen-bond donors (Lipinski definition) is 0. The van der Waals surface area contributed by atoms with E-state index < -0.39 is 0 Å². The Hall–Kier alpha value is -0.830. The van der Waals surface area contributed by atoms with Crippen LogP contribution in [0.3, 0.4) is 0 Å². The average Bonchev–Trinajstić information content (AvgIpc) is 2.38. The van der Waals surface area contributed by atoms with Gasteiger partial charge >= 0.3 is 0 Å². The molecule has 1 aliphatic rings. The molecule has 0 unspecified atom stereocenters. The third-order valence-electron chi connectivity index (χ3n) is 4.16. The molecular formula is C16H22BrNO. The summed E-state index contributed by atoms with van der Waals surface area (Å²) in [7, 11) is 0. The number of piperidine rings is 1. The quantitative estimate of drug-likeness (QED) is 0.762. The second kappa shape index (κ2) is 6.08. The first-order valence-electron chi connectivity index (χ1n) is 7.04. The SMILES string of the molecule is CC(=O)c1cc(Br)ccc1N1CCC(C(C)C)CC1. The van der Waals surface area contributed by atoms with Gasteiger partial charge in [-0.25, -0.2) is 0 Å². The van der Waals surface area contributed by atoms with Crippen molar-refractivity contribution in [2.24, 2.45) is 11.8 Å². The van der Waals surface area contributed by atoms with E-state index in [0.29, 0.717) is 0 Å². The highest BCUT2D eigenvalue weighted by Gasteiger charge is 2.23. The molecule has 0 radical (unpaired) electrons. The maximum Gasteiger partial charge on any atom is 0.161 e. The molecule has 1 saturated heterocycles. The van der Waals surface area contributed by atoms with Crippen molar-refractivity contribution in [3.8, 4) is 0 Å². The lowest BCUT2D eigenvalue weighted by Gasteiger charge is -2.36. The number of anilines is 1. The zero-order chi connectivity index (χ0) is 14.0. The predicted molar refractivity (Wildman–Crippen MR) is 83.9 cm³/mol. The summed E-state index contributed by atoms with van der Waals surface area (Å²) in [6.45, 7) is 8.38. The van der Waals surface area contributed by atoms with E-state index in [1.54, 1.807) is 6.92 Å². The van der Waals surface area contributed by atoms with Crippen LogP contribution in [0.5, 0.6) is 0 Å². The Kier molecular flexibility index (Phi) is 4.67. The van der Waals surface area contributed by atoms with Gasteiger partial charge in [0, 0.05) is 28.8 Å². The summed E-state index contributed by atoms with van der Waals surface area (Å²) >= 11 is 3.45. The second-order valence-electron chi connectivity index (χ2n) is 5.79. The highest BCUT2D eigenvalue weighted by atomic mass is 79.9. The van der Waals surface area contributed by atoms with Gasteiger partial charge in [0.05, 0.1) is 0 Å². The van der Waals surface area contributed by atoms with Gasteiger partial charge in [0.15, 0.2) is 5.78 Å². The van der Waals surface area contributed by atoms with E-state index in [4.69, 9.17) is 0 Å². The first-order chi connectivity index (χ1) is 8.99. The normalized spacial score (nSPS) is 17.0. The van der Waals surface area contributed by atoms with Gasteiger partial charge in [0.25, 0.3) is 0 Å². The minimum absolute atomic E-state index is 0.141. The van der Waals surface area contributed by atoms with Crippen LogP contribution in [-0.4, -0.2) is 18.9 Å². The Morgan fingerprint density at radius 2 is 1.95 bits per heavy atom. The van der Waals surface area contributed by atoms with Gasteiger partial charge in [-0.1, -0.05) is 29.8 Å². The van der Waals surface area contributed by atoms with Crippen LogP contribution in [0.15, 0.2) is 22.7 Å². The Balaban J connectivity index is 2.17. The minimum atomic E-state index is 0.141. The molecule has 1 aliphatic heterocycles. The van der Waals surface area contributed by atoms with E-state index in [2.05, 4.69) is 40.7 Å². The van der Waals surface area contributed by atoms with Crippen LogP contribution in [0.2, 0.25) is 0 Å². The molecule has 0 atom stereocenters. The Morgan fingerprint density at radius 1 is 1.32 bits per heavy atom. The van der Waals surface area contributed by atoms with Gasteiger partial charge < -0.3 is 4.90 Å². The van der Waals surface area contributed by atoms with Crippen LogP contribution in [-0.2, 0) is 0 Å². The molecule has 0 bridgehead atoms. The maximum absolute atomic E-state index is 11.8. The van der Waals surface area contributed by atoms with Gasteiger partial charge in [-0.3, -0.25) is 4.79 Å². The average molecular weight is 324 g/mol. The number of halogens is 1. The number of carbonyl (C=O) groups is 1. The largest absolute Gasteiger partial charge is 0.371 e. The zero-order valence-corrected chi connectivity index (χ0v) is 13.5. The first-order valence-corrected chi connectivity index (χ1v) is 7.83. The van der Waals surface area contributed by atoms with E-state index in [0.717, 1.165) is 40.6 Å². The van der Waals surface area contributed by atoms with Crippen LogP contribution >= 0.6 is 15.9 Å². The van der Waals surface area contributed by atoms with Gasteiger partial charge in [-0.2, -0.15) is 0 Å². The fourth-order valence-corrected chi connectivity index (χ4v) is 3.23. The smallest absolute Gasteiger partial charge is 0.161 e. The van der Waals surface area contributed by atoms with E-state index in [1.165, 1.54) is 12.8 Å². The van der Waals surface area contributed by atoms with Gasteiger partial charge in [-0.15, -0.1) is 0 Å². The molecule has 104 valence electrons. The standard InChI is InChI=1S/C16H22BrNO/c1-11(2)13-6-8-18(9-7-13)16-5-4-14(17)10-15(16)12(3)19/h4-5,10-11,13H,6-9H2,1-3H3. The number of ketones is 1. The molecule has 3 heteroatoms. The topological polar surface area (TPSA) is 20.3 Å². The van der Waals surface area contributed by atoms with E-state index in [-0.39, 0.29) is 5.78 Å². The molecule has 2 rings (SSSR count). The molecule has 0 aromatic heterocycles. The van der Waals surface area contributed by atoms with E-state index in [1.807, 2.05) is 12.1 Å². The lowest BCUT2D eigenvalue weighted by atomic mass is 9.86. The molecule has 0 aliphatic carbocycles. The lowest BCUT2D eigenvalue weighted by molar-refractivity contribution is 0.101. The number of nitrogens with zero attached hydrogens (tertiary/aromatic N) is 1. The Bertz CT molecular complexity index is 462. The van der Waals surface area contributed by atoms with E-state index in [9.17, 15) is 4.79 Å². The summed E-state index contributed by atoms with van der Waals surface area (Å²) < 4.78 is 0.971. The van der Waals surface area contributed by atoms with Crippen molar-refractivity contribution < 1.29 is 4.79 Å². The molecule has 1 aromatic rings. The van der Waals surface area contributed by atoms with Crippen LogP contribution in [0.4, 0.5) is 5.69 Å². The second-order valence-corrected chi connectivity index (χ2v) is 6.70. The molecule has 0 spiro atoms. The van der Waals surface area contributed by atoms with Crippen LogP contribution in [0, 0.1) is 11.8 Å². The molecule has 1 aromatic carbocycles. The molecule has 2 nitrogen and oxygen atoms in total. The fraction of sp³-hybridized carbons (Fsp3) is 0.562. The molecule has 1 fully saturated rings. The van der Waals surface area contributed by atoms with Crippen molar-refractivity contribution >= 4 is 27.4 Å². The predicted octanol–water partition coefficient (Wildman–Crippen LogP) is 4.52. The van der Waals surface area contributed by atoms with Gasteiger partial charge in [0.2, 0.25) is 0 Å². The number of benzene rings is 1. The molecule has 0 saturated carbocycles. The lowest BCUT2D eigenvalue weighted by Crippen LogP contribution is -2.36. The maximum atomic E-state index is 11.8. The van der Waals surface area contributed by atoms with Crippen LogP contribution in [0.1, 0.15) is 44.0 Å². The van der Waals surface area contributed by atoms with E-state index >= 15 is 0 Å². The fourth-order valence-electron chi connectivity index (χ4n) is 2.87. The number of Topliss-reactive ketones (excluding diaryl/α,β-unsaturated/α-hetero) is 1. The molecule has 0 amide bonds. The molecule has 0 N–H and O–H groups in total. The highest BCUT2D eigenvalue weighted by Crippen LogP contribution is 2.31. The van der Waals surface area contributed by atoms with Crippen molar-refractivity contribution in [1.29, 1.82) is 0 Å². The summed E-state index contributed by atoms with van der Waals surface area (Å²) in [6.07, 6.45) is 2.45. The third kappa shape index (κ3) is 3.38. The van der Waals surface area contributed by atoms with Gasteiger partial charge in [0.1, 0.15) is 0 Å². The van der Waals surface area contributed by atoms with Crippen molar-refractivity contribution in [3.05, 3.63) is 28.2 Å². The van der Waals surface area contributed by atoms with Crippen molar-refractivity contribution in [2.75, 3.05) is 18.0 Å². The third-order valence-corrected chi connectivity index (χ3v) is 4.65. The van der Waals surface area contributed by atoms with Crippen molar-refractivity contribution in [1.82, 2.24) is 0 Å². The first kappa shape index (κ1) is 14.6. The summed E-state index contributed by atoms with van der Waals surface area (Å²) in [5.74, 6) is 1.73. The van der Waals surface area contributed by atoms with Crippen LogP contribution < -0.4 is 4.90 Å². The van der Waals surface area contributed by atoms with Crippen molar-refractivity contribution in [2.45, 2.75) is 33.6 Å². The van der Waals surface area contributed by atoms with Crippen LogP contribution in [0.25, 0.3) is 0 Å². The number of rotatable bonds is 3. The zero-order valence-electron chi connectivity index (χ0n) is 11.9. The summed E-state index contributed by atoms with van der Waals surface area (Å²) in [4.78, 5) is 14.1. The summed E-state index contributed by atoms with van der Waals surface area (Å²) in [5, 5.41) is 0. The minimum Gasteiger partial charge on any atom is -0.371 e. The van der Waals surface area contributed by atoms with Crippen molar-refractivity contribution in [3.63, 3.8) is 0 Å². The number of hydrogen-bond acceptors (Lipinski definition) is 2.